The molecular weight excluding hydrogens is 182 g/mol. The maximum Gasteiger partial charge on any atom is 0.00438 e. The fraction of sp³-hybridized carbons (Fsp3) is 1.00. The second kappa shape index (κ2) is 6.52. The summed E-state index contributed by atoms with van der Waals surface area (Å²) >= 11 is 0. The van der Waals surface area contributed by atoms with Crippen LogP contribution in [0.2, 0.25) is 0 Å². The smallest absolute Gasteiger partial charge is 0.00438 e. The van der Waals surface area contributed by atoms with E-state index in [0.29, 0.717) is 6.04 Å². The van der Waals surface area contributed by atoms with Gasteiger partial charge < -0.3 is 5.32 Å². The van der Waals surface area contributed by atoms with E-state index in [0.717, 1.165) is 17.9 Å². The van der Waals surface area contributed by atoms with Crippen molar-refractivity contribution in [2.75, 3.05) is 0 Å². The van der Waals surface area contributed by atoms with Crippen molar-refractivity contribution in [1.82, 2.24) is 5.32 Å². The Bertz CT molecular complexity index is 161. The Morgan fingerprint density at radius 2 is 1.67 bits per heavy atom. The third kappa shape index (κ3) is 6.94. The van der Waals surface area contributed by atoms with E-state index in [9.17, 15) is 0 Å². The Labute approximate surface area is 96.0 Å². The van der Waals surface area contributed by atoms with Gasteiger partial charge in [0, 0.05) is 12.1 Å². The van der Waals surface area contributed by atoms with E-state index in [4.69, 9.17) is 0 Å². The molecule has 1 aliphatic carbocycles. The van der Waals surface area contributed by atoms with Gasteiger partial charge in [0.1, 0.15) is 0 Å². The second-order valence-electron chi connectivity index (χ2n) is 5.97. The van der Waals surface area contributed by atoms with Gasteiger partial charge in [-0.3, -0.25) is 0 Å². The summed E-state index contributed by atoms with van der Waals surface area (Å²) < 4.78 is 0. The van der Waals surface area contributed by atoms with Gasteiger partial charge in [0.2, 0.25) is 0 Å². The molecule has 1 nitrogen and oxygen atoms in total. The minimum Gasteiger partial charge on any atom is -0.312 e. The van der Waals surface area contributed by atoms with Gasteiger partial charge in [0.15, 0.2) is 0 Å². The van der Waals surface area contributed by atoms with E-state index in [1.165, 1.54) is 38.5 Å². The largest absolute Gasteiger partial charge is 0.312 e. The third-order valence-corrected chi connectivity index (χ3v) is 3.37. The van der Waals surface area contributed by atoms with Crippen LogP contribution in [0.1, 0.15) is 66.2 Å². The first kappa shape index (κ1) is 13.0. The molecule has 0 aromatic rings. The molecule has 2 atom stereocenters. The van der Waals surface area contributed by atoms with Gasteiger partial charge >= 0.3 is 0 Å². The first-order valence-corrected chi connectivity index (χ1v) is 6.84. The highest BCUT2D eigenvalue weighted by Gasteiger charge is 2.23. The first-order chi connectivity index (χ1) is 7.08. The summed E-state index contributed by atoms with van der Waals surface area (Å²) in [6, 6.07) is 1.43. The van der Waals surface area contributed by atoms with Crippen molar-refractivity contribution in [1.29, 1.82) is 0 Å². The van der Waals surface area contributed by atoms with Crippen LogP contribution in [0.15, 0.2) is 0 Å². The van der Waals surface area contributed by atoms with E-state index in [-0.39, 0.29) is 0 Å². The van der Waals surface area contributed by atoms with Crippen LogP contribution in [0.4, 0.5) is 0 Å². The predicted molar refractivity (Wildman–Crippen MR) is 68.1 cm³/mol. The van der Waals surface area contributed by atoms with Crippen molar-refractivity contribution in [2.45, 2.75) is 78.3 Å². The lowest BCUT2D eigenvalue weighted by molar-refractivity contribution is 0.396. The van der Waals surface area contributed by atoms with E-state index in [2.05, 4.69) is 33.0 Å². The van der Waals surface area contributed by atoms with E-state index in [1.807, 2.05) is 0 Å². The zero-order valence-electron chi connectivity index (χ0n) is 11.1. The van der Waals surface area contributed by atoms with Gasteiger partial charge in [-0.25, -0.2) is 0 Å². The quantitative estimate of drug-likeness (QED) is 0.640. The lowest BCUT2D eigenvalue weighted by Gasteiger charge is -2.20. The SMILES string of the molecule is CC(C)CCCC(C)NC(C)CC1CC1. The zero-order chi connectivity index (χ0) is 11.3. The molecule has 0 spiro atoms. The fourth-order valence-electron chi connectivity index (χ4n) is 2.32. The average Bonchev–Trinajstić information content (AvgIpc) is 2.86. The lowest BCUT2D eigenvalue weighted by Crippen LogP contribution is -2.34. The van der Waals surface area contributed by atoms with Gasteiger partial charge in [-0.1, -0.05) is 39.5 Å². The van der Waals surface area contributed by atoms with Gasteiger partial charge in [-0.2, -0.15) is 0 Å². The molecule has 90 valence electrons. The summed E-state index contributed by atoms with van der Waals surface area (Å²) in [5.74, 6) is 1.91. The molecule has 1 heteroatoms. The molecule has 2 unspecified atom stereocenters. The Morgan fingerprint density at radius 3 is 2.20 bits per heavy atom. The van der Waals surface area contributed by atoms with Gasteiger partial charge in [-0.15, -0.1) is 0 Å². The molecule has 0 radical (unpaired) electrons. The predicted octanol–water partition coefficient (Wildman–Crippen LogP) is 3.98. The van der Waals surface area contributed by atoms with Crippen molar-refractivity contribution in [3.63, 3.8) is 0 Å². The van der Waals surface area contributed by atoms with E-state index < -0.39 is 0 Å². The Balaban J connectivity index is 1.98. The van der Waals surface area contributed by atoms with Crippen molar-refractivity contribution in [3.05, 3.63) is 0 Å². The van der Waals surface area contributed by atoms with Crippen LogP contribution in [0.25, 0.3) is 0 Å². The van der Waals surface area contributed by atoms with Crippen molar-refractivity contribution in [2.24, 2.45) is 11.8 Å². The van der Waals surface area contributed by atoms with Crippen LogP contribution in [-0.4, -0.2) is 12.1 Å². The number of hydrogen-bond acceptors (Lipinski definition) is 1. The topological polar surface area (TPSA) is 12.0 Å². The molecule has 0 aliphatic heterocycles. The molecule has 1 rings (SSSR count). The Kier molecular flexibility index (Phi) is 5.66. The minimum atomic E-state index is 0.706. The molecule has 0 amide bonds. The van der Waals surface area contributed by atoms with Crippen molar-refractivity contribution in [3.8, 4) is 0 Å². The van der Waals surface area contributed by atoms with Crippen LogP contribution in [0.3, 0.4) is 0 Å². The zero-order valence-corrected chi connectivity index (χ0v) is 11.1. The Morgan fingerprint density at radius 1 is 1.00 bits per heavy atom. The molecule has 1 fully saturated rings. The lowest BCUT2D eigenvalue weighted by atomic mass is 10.0. The van der Waals surface area contributed by atoms with Gasteiger partial charge in [0.05, 0.1) is 0 Å². The number of hydrogen-bond donors (Lipinski definition) is 1. The number of rotatable bonds is 8. The molecule has 0 aromatic heterocycles. The van der Waals surface area contributed by atoms with Crippen LogP contribution >= 0.6 is 0 Å². The molecule has 15 heavy (non-hydrogen) atoms. The number of nitrogens with one attached hydrogen (secondary N) is 1. The van der Waals surface area contributed by atoms with E-state index in [1.54, 1.807) is 0 Å². The normalized spacial score (nSPS) is 20.6. The third-order valence-electron chi connectivity index (χ3n) is 3.37. The van der Waals surface area contributed by atoms with Gasteiger partial charge in [0.25, 0.3) is 0 Å². The maximum absolute atomic E-state index is 3.72. The molecule has 0 aromatic carbocycles. The maximum atomic E-state index is 3.72. The summed E-state index contributed by atoms with van der Waals surface area (Å²) in [5, 5.41) is 3.72. The average molecular weight is 211 g/mol. The van der Waals surface area contributed by atoms with Crippen LogP contribution < -0.4 is 5.32 Å². The van der Waals surface area contributed by atoms with Crippen LogP contribution in [-0.2, 0) is 0 Å². The molecule has 1 N–H and O–H groups in total. The Hall–Kier alpha value is -0.0400. The monoisotopic (exact) mass is 211 g/mol. The molecule has 0 saturated heterocycles. The summed E-state index contributed by atoms with van der Waals surface area (Å²) in [6.07, 6.45) is 8.45. The minimum absolute atomic E-state index is 0.706. The first-order valence-electron chi connectivity index (χ1n) is 6.84. The van der Waals surface area contributed by atoms with Gasteiger partial charge in [-0.05, 0) is 38.5 Å². The molecule has 1 saturated carbocycles. The van der Waals surface area contributed by atoms with Crippen LogP contribution in [0.5, 0.6) is 0 Å². The summed E-state index contributed by atoms with van der Waals surface area (Å²) in [6.45, 7) is 9.31. The molecule has 0 bridgehead atoms. The fourth-order valence-corrected chi connectivity index (χ4v) is 2.32. The molecular formula is C14H29N. The highest BCUT2D eigenvalue weighted by molar-refractivity contribution is 4.79. The van der Waals surface area contributed by atoms with Crippen molar-refractivity contribution < 1.29 is 0 Å². The van der Waals surface area contributed by atoms with E-state index >= 15 is 0 Å². The summed E-state index contributed by atoms with van der Waals surface area (Å²) in [5.41, 5.74) is 0. The molecule has 0 heterocycles. The standard InChI is InChI=1S/C14H29N/c1-11(2)6-5-7-12(3)15-13(4)10-14-8-9-14/h11-15H,5-10H2,1-4H3. The molecule has 1 aliphatic rings. The van der Waals surface area contributed by atoms with Crippen molar-refractivity contribution >= 4 is 0 Å². The highest BCUT2D eigenvalue weighted by atomic mass is 14.9. The highest BCUT2D eigenvalue weighted by Crippen LogP contribution is 2.33. The summed E-state index contributed by atoms with van der Waals surface area (Å²) in [7, 11) is 0. The summed E-state index contributed by atoms with van der Waals surface area (Å²) in [4.78, 5) is 0. The second-order valence-corrected chi connectivity index (χ2v) is 5.97. The van der Waals surface area contributed by atoms with Crippen LogP contribution in [0, 0.1) is 11.8 Å².